The van der Waals surface area contributed by atoms with Gasteiger partial charge in [0.05, 0.1) is 41.7 Å². The standard InChI is InChI=1S/C48H66F3N9O6/c1-30(2)58(3)35-14-16-41(60-20-17-39(47(60)64)57-45-36-23-34(48(49,50)51)13-15-38(36)54-29-55-45)40(24-35)56-42(61)8-6-21-65-27-31-9-11-32(12-10-31)28-66-22-19-53-46(63)37-25-43(62)59(4)44(37)33-7-5-18-52-26-33/h5,7,13,15,18,23,26,29-32,35,37,39-41,44H,6,8-12,14,16-17,19-22,24-25,27-28H2,1-4H3,(H,53,63)(H,56,61)(H,54,55,57)/t31?,32?,35-,37+,39+,40-,41+,44-/m1/s1. The molecule has 18 heteroatoms. The number of carbonyl (C=O) groups excluding carboxylic acids is 4. The smallest absolute Gasteiger partial charge is 0.381 e. The minimum atomic E-state index is -4.54. The number of likely N-dealkylation sites (tertiary alicyclic amines) is 2. The average molecular weight is 922 g/mol. The van der Waals surface area contributed by atoms with Crippen LogP contribution in [0.2, 0.25) is 0 Å². The number of nitrogens with one attached hydrogen (secondary N) is 3. The first-order valence-electron chi connectivity index (χ1n) is 23.7. The molecule has 0 unspecified atom stereocenters. The molecular formula is C48H66F3N9O6. The van der Waals surface area contributed by atoms with Gasteiger partial charge in [0, 0.05) is 82.7 Å². The maximum atomic E-state index is 14.0. The number of halogens is 3. The van der Waals surface area contributed by atoms with E-state index in [2.05, 4.69) is 56.7 Å². The SMILES string of the molecule is CC(C)N(C)[C@@H]1CC[C@H](N2CC[C@H](Nc3ncnc4ccc(C(F)(F)F)cc34)C2=O)[C@H](NC(=O)CCCOCC2CCC(COCCNC(=O)[C@H]3CC(=O)N(C)[C@@H]3c3cccnc3)CC2)C1. The molecule has 2 aromatic heterocycles. The predicted octanol–water partition coefficient (Wildman–Crippen LogP) is 5.76. The third-order valence-electron chi connectivity index (χ3n) is 14.3. The zero-order valence-electron chi connectivity index (χ0n) is 38.6. The molecule has 66 heavy (non-hydrogen) atoms. The highest BCUT2D eigenvalue weighted by molar-refractivity contribution is 5.93. The summed E-state index contributed by atoms with van der Waals surface area (Å²) in [6, 6.07) is 6.06. The summed E-state index contributed by atoms with van der Waals surface area (Å²) in [5, 5.41) is 9.57. The summed E-state index contributed by atoms with van der Waals surface area (Å²) in [6.45, 7) is 7.29. The lowest BCUT2D eigenvalue weighted by molar-refractivity contribution is -0.137. The summed E-state index contributed by atoms with van der Waals surface area (Å²) >= 11 is 0. The Morgan fingerprint density at radius 2 is 1.71 bits per heavy atom. The quantitative estimate of drug-likeness (QED) is 0.125. The van der Waals surface area contributed by atoms with Crippen molar-refractivity contribution in [3.05, 3.63) is 60.2 Å². The van der Waals surface area contributed by atoms with E-state index in [0.717, 1.165) is 49.8 Å². The van der Waals surface area contributed by atoms with Crippen molar-refractivity contribution < 1.29 is 41.8 Å². The third-order valence-corrected chi connectivity index (χ3v) is 14.3. The van der Waals surface area contributed by atoms with Crippen LogP contribution in [-0.4, -0.2) is 137 Å². The van der Waals surface area contributed by atoms with Gasteiger partial charge in [0.1, 0.15) is 18.2 Å². The van der Waals surface area contributed by atoms with Gasteiger partial charge < -0.3 is 40.1 Å². The van der Waals surface area contributed by atoms with Gasteiger partial charge in [-0.15, -0.1) is 0 Å². The molecule has 2 saturated carbocycles. The summed E-state index contributed by atoms with van der Waals surface area (Å²) in [4.78, 5) is 71.2. The van der Waals surface area contributed by atoms with E-state index in [1.54, 1.807) is 24.3 Å². The molecule has 2 aliphatic carbocycles. The van der Waals surface area contributed by atoms with Gasteiger partial charge in [-0.3, -0.25) is 24.2 Å². The molecule has 4 amide bonds. The maximum absolute atomic E-state index is 14.0. The highest BCUT2D eigenvalue weighted by Crippen LogP contribution is 2.38. The summed E-state index contributed by atoms with van der Waals surface area (Å²) in [6.07, 6.45) is 8.05. The first-order chi connectivity index (χ1) is 31.7. The largest absolute Gasteiger partial charge is 0.416 e. The van der Waals surface area contributed by atoms with Crippen molar-refractivity contribution in [1.82, 2.24) is 40.3 Å². The third kappa shape index (κ3) is 12.1. The fraction of sp³-hybridized carbons (Fsp3) is 0.646. The molecule has 3 aromatic rings. The first-order valence-corrected chi connectivity index (χ1v) is 23.7. The molecular weight excluding hydrogens is 856 g/mol. The summed E-state index contributed by atoms with van der Waals surface area (Å²) in [5.41, 5.74) is 0.376. The van der Waals surface area contributed by atoms with Crippen molar-refractivity contribution in [2.75, 3.05) is 58.9 Å². The van der Waals surface area contributed by atoms with Crippen LogP contribution in [0.5, 0.6) is 0 Å². The molecule has 4 heterocycles. The number of aromatic nitrogens is 3. The molecule has 6 atom stereocenters. The minimum Gasteiger partial charge on any atom is -0.381 e. The highest BCUT2D eigenvalue weighted by Gasteiger charge is 2.44. The van der Waals surface area contributed by atoms with Crippen LogP contribution in [0.3, 0.4) is 0 Å². The van der Waals surface area contributed by atoms with E-state index in [0.29, 0.717) is 95.0 Å². The van der Waals surface area contributed by atoms with Crippen LogP contribution >= 0.6 is 0 Å². The van der Waals surface area contributed by atoms with Crippen molar-refractivity contribution in [2.24, 2.45) is 17.8 Å². The molecule has 3 N–H and O–H groups in total. The Labute approximate surface area is 385 Å². The fourth-order valence-corrected chi connectivity index (χ4v) is 10.3. The van der Waals surface area contributed by atoms with Crippen LogP contribution in [-0.2, 0) is 34.8 Å². The second kappa shape index (κ2) is 22.2. The van der Waals surface area contributed by atoms with Crippen LogP contribution in [0.1, 0.15) is 102 Å². The van der Waals surface area contributed by atoms with Crippen molar-refractivity contribution in [3.63, 3.8) is 0 Å². The number of carbonyl (C=O) groups is 4. The van der Waals surface area contributed by atoms with Crippen LogP contribution in [0.4, 0.5) is 19.0 Å². The number of ether oxygens (including phenoxy) is 2. The number of hydrogen-bond donors (Lipinski definition) is 3. The van der Waals surface area contributed by atoms with Gasteiger partial charge in [-0.1, -0.05) is 6.07 Å². The first kappa shape index (κ1) is 49.0. The zero-order valence-corrected chi connectivity index (χ0v) is 38.6. The van der Waals surface area contributed by atoms with Crippen LogP contribution in [0.25, 0.3) is 10.9 Å². The number of hydrogen-bond acceptors (Lipinski definition) is 11. The molecule has 0 spiro atoms. The number of pyridine rings is 1. The van der Waals surface area contributed by atoms with Crippen molar-refractivity contribution in [3.8, 4) is 0 Å². The van der Waals surface area contributed by atoms with Gasteiger partial charge in [0.15, 0.2) is 0 Å². The molecule has 15 nitrogen and oxygen atoms in total. The van der Waals surface area contributed by atoms with E-state index in [-0.39, 0.29) is 65.4 Å². The van der Waals surface area contributed by atoms with Crippen molar-refractivity contribution in [2.45, 2.75) is 127 Å². The lowest BCUT2D eigenvalue weighted by atomic mass is 9.83. The number of anilines is 1. The predicted molar refractivity (Wildman–Crippen MR) is 242 cm³/mol. The molecule has 1 aromatic carbocycles. The Morgan fingerprint density at radius 1 is 0.970 bits per heavy atom. The number of amides is 4. The normalized spacial score (nSPS) is 26.1. The Balaban J connectivity index is 0.806. The Bertz CT molecular complexity index is 2120. The molecule has 0 bridgehead atoms. The van der Waals surface area contributed by atoms with Crippen LogP contribution in [0, 0.1) is 17.8 Å². The van der Waals surface area contributed by atoms with Crippen LogP contribution in [0.15, 0.2) is 49.1 Å². The summed E-state index contributed by atoms with van der Waals surface area (Å²) < 4.78 is 52.7. The zero-order chi connectivity index (χ0) is 47.0. The molecule has 360 valence electrons. The van der Waals surface area contributed by atoms with Gasteiger partial charge in [-0.05, 0) is 120 Å². The maximum Gasteiger partial charge on any atom is 0.416 e. The van der Waals surface area contributed by atoms with E-state index >= 15 is 0 Å². The van der Waals surface area contributed by atoms with Gasteiger partial charge >= 0.3 is 6.18 Å². The molecule has 2 saturated heterocycles. The van der Waals surface area contributed by atoms with Gasteiger partial charge in [-0.25, -0.2) is 9.97 Å². The van der Waals surface area contributed by atoms with Gasteiger partial charge in [0.25, 0.3) is 0 Å². The van der Waals surface area contributed by atoms with E-state index in [9.17, 15) is 32.3 Å². The average Bonchev–Trinajstić information content (AvgIpc) is 3.82. The Hall–Kier alpha value is -4.94. The monoisotopic (exact) mass is 922 g/mol. The van der Waals surface area contributed by atoms with E-state index in [1.165, 1.54) is 12.4 Å². The van der Waals surface area contributed by atoms with Gasteiger partial charge in [0.2, 0.25) is 23.6 Å². The second-order valence-corrected chi connectivity index (χ2v) is 18.9. The molecule has 4 aliphatic rings. The van der Waals surface area contributed by atoms with E-state index < -0.39 is 23.7 Å². The highest BCUT2D eigenvalue weighted by atomic mass is 19.4. The summed E-state index contributed by atoms with van der Waals surface area (Å²) in [5.74, 6) is 0.168. The van der Waals surface area contributed by atoms with E-state index in [1.807, 2.05) is 17.0 Å². The molecule has 0 radical (unpaired) electrons. The topological polar surface area (TPSA) is 171 Å². The minimum absolute atomic E-state index is 0.0575. The number of rotatable bonds is 19. The fourth-order valence-electron chi connectivity index (χ4n) is 10.3. The van der Waals surface area contributed by atoms with E-state index in [4.69, 9.17) is 9.47 Å². The van der Waals surface area contributed by atoms with Gasteiger partial charge in [-0.2, -0.15) is 13.2 Å². The Morgan fingerprint density at radius 3 is 2.41 bits per heavy atom. The van der Waals surface area contributed by atoms with Crippen molar-refractivity contribution in [1.29, 1.82) is 0 Å². The number of alkyl halides is 3. The molecule has 4 fully saturated rings. The number of fused-ring (bicyclic) bond motifs is 1. The number of nitrogens with zero attached hydrogens (tertiary/aromatic N) is 6. The number of benzene rings is 1. The molecule has 2 aliphatic heterocycles. The van der Waals surface area contributed by atoms with Crippen molar-refractivity contribution >= 4 is 40.3 Å². The lowest BCUT2D eigenvalue weighted by Crippen LogP contribution is -2.58. The lowest BCUT2D eigenvalue weighted by Gasteiger charge is -2.44. The van der Waals surface area contributed by atoms with Crippen LogP contribution < -0.4 is 16.0 Å². The summed E-state index contributed by atoms with van der Waals surface area (Å²) in [7, 11) is 3.82. The molecule has 7 rings (SSSR count). The second-order valence-electron chi connectivity index (χ2n) is 18.9. The Kier molecular flexibility index (Phi) is 16.5.